The van der Waals surface area contributed by atoms with Gasteiger partial charge < -0.3 is 11.1 Å². The maximum atomic E-state index is 10.6. The predicted octanol–water partition coefficient (Wildman–Crippen LogP) is 2.16. The van der Waals surface area contributed by atoms with Gasteiger partial charge in [-0.3, -0.25) is 0 Å². The Bertz CT molecular complexity index is 407. The summed E-state index contributed by atoms with van der Waals surface area (Å²) in [5.41, 5.74) is 6.46. The summed E-state index contributed by atoms with van der Waals surface area (Å²) in [6.07, 6.45) is 0.648. The van der Waals surface area contributed by atoms with E-state index in [1.165, 1.54) is 0 Å². The molecule has 0 aliphatic carbocycles. The molecule has 0 saturated carbocycles. The van der Waals surface area contributed by atoms with Gasteiger partial charge in [0, 0.05) is 23.6 Å². The first kappa shape index (κ1) is 11.4. The number of carbonyl (C=O) groups excluding carboxylic acids is 1. The monoisotopic (exact) mass is 222 g/mol. The van der Waals surface area contributed by atoms with Crippen molar-refractivity contribution in [2.75, 3.05) is 11.2 Å². The van der Waals surface area contributed by atoms with Crippen molar-refractivity contribution in [1.82, 2.24) is 0 Å². The molecular formula is C11H11ClN2O. The number of anilines is 1. The molecule has 0 aliphatic heterocycles. The molecule has 0 unspecified atom stereocenters. The molecule has 0 spiro atoms. The van der Waals surface area contributed by atoms with Gasteiger partial charge in [0.2, 0.25) is 0 Å². The van der Waals surface area contributed by atoms with E-state index in [0.717, 1.165) is 5.56 Å². The molecule has 2 amide bonds. The number of hydrogen-bond acceptors (Lipinski definition) is 1. The average Bonchev–Trinajstić information content (AvgIpc) is 2.18. The first-order valence-electron chi connectivity index (χ1n) is 4.43. The number of carbonyl (C=O) groups is 1. The highest BCUT2D eigenvalue weighted by molar-refractivity contribution is 6.18. The molecule has 1 aromatic carbocycles. The number of nitrogens with one attached hydrogen (secondary N) is 1. The number of urea groups is 1. The number of alkyl halides is 1. The van der Waals surface area contributed by atoms with Crippen LogP contribution in [-0.4, -0.2) is 11.9 Å². The number of nitrogens with two attached hydrogens (primary N) is 1. The van der Waals surface area contributed by atoms with Gasteiger partial charge in [-0.1, -0.05) is 17.9 Å². The summed E-state index contributed by atoms with van der Waals surface area (Å²) in [6, 6.07) is 6.58. The number of hydrogen-bond donors (Lipinski definition) is 2. The molecule has 0 bridgehead atoms. The summed E-state index contributed by atoms with van der Waals surface area (Å²) in [5, 5.41) is 2.48. The Morgan fingerprint density at radius 1 is 1.53 bits per heavy atom. The Morgan fingerprint density at radius 2 is 2.33 bits per heavy atom. The van der Waals surface area contributed by atoms with Gasteiger partial charge in [0.15, 0.2) is 0 Å². The van der Waals surface area contributed by atoms with Crippen LogP contribution in [-0.2, 0) is 0 Å². The normalized spacial score (nSPS) is 8.87. The van der Waals surface area contributed by atoms with Crippen molar-refractivity contribution < 1.29 is 4.79 Å². The maximum absolute atomic E-state index is 10.6. The van der Waals surface area contributed by atoms with Crippen molar-refractivity contribution in [3.63, 3.8) is 0 Å². The highest BCUT2D eigenvalue weighted by atomic mass is 35.5. The van der Waals surface area contributed by atoms with E-state index in [1.807, 2.05) is 6.07 Å². The van der Waals surface area contributed by atoms with Crippen molar-refractivity contribution >= 4 is 23.3 Å². The van der Waals surface area contributed by atoms with Gasteiger partial charge in [-0.15, -0.1) is 11.6 Å². The summed E-state index contributed by atoms with van der Waals surface area (Å²) in [5.74, 6) is 6.36. The quantitative estimate of drug-likeness (QED) is 0.585. The van der Waals surface area contributed by atoms with Crippen LogP contribution in [0.5, 0.6) is 0 Å². The van der Waals surface area contributed by atoms with Gasteiger partial charge in [-0.25, -0.2) is 4.79 Å². The van der Waals surface area contributed by atoms with Gasteiger partial charge >= 0.3 is 6.03 Å². The van der Waals surface area contributed by atoms with Crippen molar-refractivity contribution in [3.8, 4) is 11.8 Å². The van der Waals surface area contributed by atoms with Crippen LogP contribution >= 0.6 is 11.6 Å². The lowest BCUT2D eigenvalue weighted by atomic mass is 10.2. The van der Waals surface area contributed by atoms with E-state index in [2.05, 4.69) is 17.2 Å². The molecule has 15 heavy (non-hydrogen) atoms. The fraction of sp³-hybridized carbons (Fsp3) is 0.182. The second-order valence-electron chi connectivity index (χ2n) is 2.81. The summed E-state index contributed by atoms with van der Waals surface area (Å²) in [7, 11) is 0. The van der Waals surface area contributed by atoms with Crippen molar-refractivity contribution in [2.24, 2.45) is 5.73 Å². The van der Waals surface area contributed by atoms with Crippen LogP contribution in [0.4, 0.5) is 10.5 Å². The topological polar surface area (TPSA) is 55.1 Å². The van der Waals surface area contributed by atoms with Gasteiger partial charge in [0.25, 0.3) is 0 Å². The van der Waals surface area contributed by atoms with Crippen LogP contribution in [0.15, 0.2) is 24.3 Å². The van der Waals surface area contributed by atoms with E-state index < -0.39 is 6.03 Å². The Balaban J connectivity index is 2.75. The lowest BCUT2D eigenvalue weighted by molar-refractivity contribution is 0.259. The van der Waals surface area contributed by atoms with E-state index in [0.29, 0.717) is 18.0 Å². The third-order valence-corrected chi connectivity index (χ3v) is 1.77. The standard InChI is InChI=1S/C11H11ClN2O/c12-7-2-1-4-9-5-3-6-10(8-9)14-11(13)15/h3,5-6,8H,2,7H2,(H3,13,14,15). The lowest BCUT2D eigenvalue weighted by Gasteiger charge is -2.00. The van der Waals surface area contributed by atoms with E-state index in [-0.39, 0.29) is 0 Å². The largest absolute Gasteiger partial charge is 0.351 e. The molecule has 0 atom stereocenters. The minimum Gasteiger partial charge on any atom is -0.351 e. The molecule has 78 valence electrons. The van der Waals surface area contributed by atoms with Gasteiger partial charge in [0.05, 0.1) is 0 Å². The van der Waals surface area contributed by atoms with Crippen LogP contribution in [0.1, 0.15) is 12.0 Å². The van der Waals surface area contributed by atoms with E-state index in [1.54, 1.807) is 18.2 Å². The highest BCUT2D eigenvalue weighted by Crippen LogP contribution is 2.09. The summed E-state index contributed by atoms with van der Waals surface area (Å²) >= 11 is 5.49. The number of rotatable bonds is 2. The molecule has 0 aliphatic rings. The predicted molar refractivity (Wildman–Crippen MR) is 61.9 cm³/mol. The third kappa shape index (κ3) is 4.39. The second-order valence-corrected chi connectivity index (χ2v) is 3.19. The van der Waals surface area contributed by atoms with Gasteiger partial charge in [0.1, 0.15) is 0 Å². The summed E-state index contributed by atoms with van der Waals surface area (Å²) < 4.78 is 0. The molecule has 1 rings (SSSR count). The molecule has 4 heteroatoms. The molecule has 1 aromatic rings. The number of amides is 2. The zero-order valence-corrected chi connectivity index (χ0v) is 8.84. The SMILES string of the molecule is NC(=O)Nc1cccc(C#CCCCl)c1. The number of primary amides is 1. The van der Waals surface area contributed by atoms with Crippen LogP contribution in [0, 0.1) is 11.8 Å². The van der Waals surface area contributed by atoms with Crippen LogP contribution in [0.25, 0.3) is 0 Å². The Morgan fingerprint density at radius 3 is 3.00 bits per heavy atom. The minimum atomic E-state index is -0.583. The first-order chi connectivity index (χ1) is 7.22. The average molecular weight is 223 g/mol. The lowest BCUT2D eigenvalue weighted by Crippen LogP contribution is -2.19. The zero-order chi connectivity index (χ0) is 11.1. The van der Waals surface area contributed by atoms with E-state index >= 15 is 0 Å². The maximum Gasteiger partial charge on any atom is 0.316 e. The molecule has 3 nitrogen and oxygen atoms in total. The molecule has 0 saturated heterocycles. The zero-order valence-electron chi connectivity index (χ0n) is 8.09. The number of benzene rings is 1. The second kappa shape index (κ2) is 5.94. The highest BCUT2D eigenvalue weighted by Gasteiger charge is 1.95. The van der Waals surface area contributed by atoms with Crippen molar-refractivity contribution in [3.05, 3.63) is 29.8 Å². The van der Waals surface area contributed by atoms with Crippen molar-refractivity contribution in [1.29, 1.82) is 0 Å². The minimum absolute atomic E-state index is 0.520. The summed E-state index contributed by atoms with van der Waals surface area (Å²) in [4.78, 5) is 10.6. The van der Waals surface area contributed by atoms with Crippen LogP contribution < -0.4 is 11.1 Å². The van der Waals surface area contributed by atoms with E-state index in [9.17, 15) is 4.79 Å². The Hall–Kier alpha value is -1.66. The molecule has 0 aromatic heterocycles. The van der Waals surface area contributed by atoms with Crippen LogP contribution in [0.2, 0.25) is 0 Å². The van der Waals surface area contributed by atoms with Gasteiger partial charge in [-0.2, -0.15) is 0 Å². The van der Waals surface area contributed by atoms with Crippen LogP contribution in [0.3, 0.4) is 0 Å². The smallest absolute Gasteiger partial charge is 0.316 e. The molecule has 0 heterocycles. The Kier molecular flexibility index (Phi) is 4.52. The number of halogens is 1. The molecular weight excluding hydrogens is 212 g/mol. The fourth-order valence-electron chi connectivity index (χ4n) is 1.03. The van der Waals surface area contributed by atoms with E-state index in [4.69, 9.17) is 17.3 Å². The fourth-order valence-corrected chi connectivity index (χ4v) is 1.12. The third-order valence-electron chi connectivity index (χ3n) is 1.58. The summed E-state index contributed by atoms with van der Waals surface area (Å²) in [6.45, 7) is 0. The Labute approximate surface area is 93.6 Å². The molecule has 3 N–H and O–H groups in total. The molecule has 0 fully saturated rings. The van der Waals surface area contributed by atoms with Crippen molar-refractivity contribution in [2.45, 2.75) is 6.42 Å². The molecule has 0 radical (unpaired) electrons. The van der Waals surface area contributed by atoms with Gasteiger partial charge in [-0.05, 0) is 18.2 Å². The first-order valence-corrected chi connectivity index (χ1v) is 4.97.